The second-order valence-corrected chi connectivity index (χ2v) is 8.40. The second kappa shape index (κ2) is 7.88. The predicted molar refractivity (Wildman–Crippen MR) is 117 cm³/mol. The Bertz CT molecular complexity index is 1370. The Morgan fingerprint density at radius 2 is 1.83 bits per heavy atom. The molecule has 0 atom stereocenters. The highest BCUT2D eigenvalue weighted by Gasteiger charge is 2.15. The van der Waals surface area contributed by atoms with Gasteiger partial charge < -0.3 is 14.0 Å². The number of benzene rings is 2. The molecule has 0 saturated heterocycles. The van der Waals surface area contributed by atoms with E-state index in [-0.39, 0.29) is 11.6 Å². The van der Waals surface area contributed by atoms with Crippen molar-refractivity contribution in [3.63, 3.8) is 0 Å². The monoisotopic (exact) mass is 443 g/mol. The second-order valence-electron chi connectivity index (χ2n) is 6.31. The fourth-order valence-electron chi connectivity index (χ4n) is 3.18. The van der Waals surface area contributed by atoms with Crippen LogP contribution in [0.5, 0.6) is 11.5 Å². The average Bonchev–Trinajstić information content (AvgIpc) is 3.32. The maximum absolute atomic E-state index is 12.8. The van der Waals surface area contributed by atoms with Crippen LogP contribution in [0.15, 0.2) is 41.4 Å². The van der Waals surface area contributed by atoms with E-state index in [1.807, 2.05) is 23.6 Å². The summed E-state index contributed by atoms with van der Waals surface area (Å²) in [6.45, 7) is 2.60. The lowest BCUT2D eigenvalue weighted by Crippen LogP contribution is -2.15. The van der Waals surface area contributed by atoms with Gasteiger partial charge in [0.15, 0.2) is 16.3 Å². The van der Waals surface area contributed by atoms with Crippen LogP contribution >= 0.6 is 22.7 Å². The number of thiophene rings is 1. The molecule has 2 aromatic carbocycles. The van der Waals surface area contributed by atoms with Crippen LogP contribution in [0, 0.1) is 10.1 Å². The summed E-state index contributed by atoms with van der Waals surface area (Å²) in [5.74, 6) is 0.832. The highest BCUT2D eigenvalue weighted by Crippen LogP contribution is 2.33. The number of thiazole rings is 1. The van der Waals surface area contributed by atoms with Crippen molar-refractivity contribution < 1.29 is 19.2 Å². The number of nitrogens with zero attached hydrogens (tertiary/aromatic N) is 3. The minimum Gasteiger partial charge on any atom is -0.493 e. The standard InChI is InChI=1S/C20H17N3O5S2/c1-4-22-13-9-14(27-2)15(28-3)10-17(13)30-20(22)21-19(24)18-8-11-7-12(23(25)26)5-6-16(11)29-18/h5-10H,4H2,1-3H3. The summed E-state index contributed by atoms with van der Waals surface area (Å²) in [5, 5.41) is 11.6. The van der Waals surface area contributed by atoms with Crippen molar-refractivity contribution in [3.05, 3.63) is 56.2 Å². The van der Waals surface area contributed by atoms with Gasteiger partial charge >= 0.3 is 0 Å². The molecule has 0 radical (unpaired) electrons. The molecule has 10 heteroatoms. The lowest BCUT2D eigenvalue weighted by Gasteiger charge is -2.08. The summed E-state index contributed by atoms with van der Waals surface area (Å²) in [5.41, 5.74) is 0.895. The number of ether oxygens (including phenoxy) is 2. The van der Waals surface area contributed by atoms with E-state index in [1.54, 1.807) is 26.4 Å². The smallest absolute Gasteiger partial charge is 0.289 e. The van der Waals surface area contributed by atoms with Crippen LogP contribution in [-0.2, 0) is 6.54 Å². The first-order valence-corrected chi connectivity index (χ1v) is 10.6. The van der Waals surface area contributed by atoms with E-state index in [9.17, 15) is 14.9 Å². The first-order valence-electron chi connectivity index (χ1n) is 8.97. The number of nitro benzene ring substituents is 1. The largest absolute Gasteiger partial charge is 0.493 e. The fraction of sp³-hybridized carbons (Fsp3) is 0.200. The Morgan fingerprint density at radius 3 is 2.50 bits per heavy atom. The molecule has 0 aliphatic carbocycles. The Balaban J connectivity index is 1.81. The molecule has 0 spiro atoms. The van der Waals surface area contributed by atoms with E-state index in [0.717, 1.165) is 14.9 Å². The van der Waals surface area contributed by atoms with Crippen LogP contribution in [0.3, 0.4) is 0 Å². The summed E-state index contributed by atoms with van der Waals surface area (Å²) in [4.78, 5) is 28.7. The third kappa shape index (κ3) is 3.44. The maximum atomic E-state index is 12.8. The van der Waals surface area contributed by atoms with Crippen LogP contribution in [0.2, 0.25) is 0 Å². The third-order valence-electron chi connectivity index (χ3n) is 4.62. The summed E-state index contributed by atoms with van der Waals surface area (Å²) in [6.07, 6.45) is 0. The van der Waals surface area contributed by atoms with Gasteiger partial charge in [0.1, 0.15) is 0 Å². The SMILES string of the molecule is CCn1c(=NC(=O)c2cc3cc([N+](=O)[O-])ccc3s2)sc2cc(OC)c(OC)cc21. The van der Waals surface area contributed by atoms with E-state index in [2.05, 4.69) is 4.99 Å². The average molecular weight is 444 g/mol. The van der Waals surface area contributed by atoms with Gasteiger partial charge in [0.2, 0.25) is 0 Å². The van der Waals surface area contributed by atoms with Crippen molar-refractivity contribution >= 4 is 54.6 Å². The van der Waals surface area contributed by atoms with E-state index < -0.39 is 4.92 Å². The van der Waals surface area contributed by atoms with Gasteiger partial charge in [0, 0.05) is 40.9 Å². The van der Waals surface area contributed by atoms with Crippen molar-refractivity contribution in [1.29, 1.82) is 0 Å². The number of hydrogen-bond donors (Lipinski definition) is 0. The highest BCUT2D eigenvalue weighted by atomic mass is 32.1. The molecule has 0 fully saturated rings. The number of hydrogen-bond acceptors (Lipinski definition) is 7. The molecular weight excluding hydrogens is 426 g/mol. The van der Waals surface area contributed by atoms with Gasteiger partial charge in [-0.2, -0.15) is 4.99 Å². The van der Waals surface area contributed by atoms with Crippen LogP contribution < -0.4 is 14.3 Å². The van der Waals surface area contributed by atoms with Crippen molar-refractivity contribution in [2.24, 2.45) is 4.99 Å². The number of aryl methyl sites for hydroxylation is 1. The molecule has 154 valence electrons. The number of non-ortho nitro benzene ring substituents is 1. The van der Waals surface area contributed by atoms with Crippen molar-refractivity contribution in [1.82, 2.24) is 4.57 Å². The molecule has 30 heavy (non-hydrogen) atoms. The van der Waals surface area contributed by atoms with Crippen LogP contribution in [0.1, 0.15) is 16.6 Å². The summed E-state index contributed by atoms with van der Waals surface area (Å²) < 4.78 is 14.4. The van der Waals surface area contributed by atoms with Crippen LogP contribution in [0.25, 0.3) is 20.3 Å². The number of carbonyl (C=O) groups excluding carboxylic acids is 1. The molecule has 8 nitrogen and oxygen atoms in total. The molecule has 2 aromatic heterocycles. The number of rotatable bonds is 5. The summed E-state index contributed by atoms with van der Waals surface area (Å²) in [7, 11) is 3.15. The van der Waals surface area contributed by atoms with Crippen LogP contribution in [-0.4, -0.2) is 29.6 Å². The van der Waals surface area contributed by atoms with Crippen molar-refractivity contribution in [2.75, 3.05) is 14.2 Å². The Labute approximate surface area is 178 Å². The van der Waals surface area contributed by atoms with Gasteiger partial charge in [-0.25, -0.2) is 0 Å². The maximum Gasteiger partial charge on any atom is 0.289 e. The third-order valence-corrected chi connectivity index (χ3v) is 6.77. The van der Waals surface area contributed by atoms with E-state index >= 15 is 0 Å². The molecule has 0 N–H and O–H groups in total. The Morgan fingerprint density at radius 1 is 1.10 bits per heavy atom. The lowest BCUT2D eigenvalue weighted by atomic mass is 10.2. The first kappa shape index (κ1) is 20.0. The molecule has 0 saturated carbocycles. The molecule has 0 bridgehead atoms. The number of carbonyl (C=O) groups is 1. The van der Waals surface area contributed by atoms with E-state index in [0.29, 0.717) is 33.1 Å². The number of fused-ring (bicyclic) bond motifs is 2. The first-order chi connectivity index (χ1) is 14.4. The van der Waals surface area contributed by atoms with Gasteiger partial charge in [-0.05, 0) is 19.1 Å². The molecule has 1 amide bonds. The van der Waals surface area contributed by atoms with Crippen LogP contribution in [0.4, 0.5) is 5.69 Å². The molecular formula is C20H17N3O5S2. The molecule has 2 heterocycles. The fourth-order valence-corrected chi connectivity index (χ4v) is 5.21. The molecule has 4 rings (SSSR count). The zero-order chi connectivity index (χ0) is 21.4. The summed E-state index contributed by atoms with van der Waals surface area (Å²) in [6, 6.07) is 9.94. The summed E-state index contributed by atoms with van der Waals surface area (Å²) >= 11 is 2.66. The quantitative estimate of drug-likeness (QED) is 0.332. The molecule has 0 unspecified atom stereocenters. The minimum absolute atomic E-state index is 0.00698. The van der Waals surface area contributed by atoms with E-state index in [1.165, 1.54) is 34.8 Å². The van der Waals surface area contributed by atoms with Gasteiger partial charge in [-0.15, -0.1) is 11.3 Å². The predicted octanol–water partition coefficient (Wildman–Crippen LogP) is 4.60. The van der Waals surface area contributed by atoms with Crippen molar-refractivity contribution in [2.45, 2.75) is 13.5 Å². The number of methoxy groups -OCH3 is 2. The zero-order valence-electron chi connectivity index (χ0n) is 16.4. The number of aromatic nitrogens is 1. The highest BCUT2D eigenvalue weighted by molar-refractivity contribution is 7.21. The van der Waals surface area contributed by atoms with Gasteiger partial charge in [0.05, 0.1) is 34.2 Å². The topological polar surface area (TPSA) is 96.0 Å². The van der Waals surface area contributed by atoms with E-state index in [4.69, 9.17) is 9.47 Å². The molecule has 4 aromatic rings. The van der Waals surface area contributed by atoms with Gasteiger partial charge in [-0.1, -0.05) is 11.3 Å². The Hall–Kier alpha value is -3.24. The van der Waals surface area contributed by atoms with Gasteiger partial charge in [-0.3, -0.25) is 14.9 Å². The molecule has 0 aliphatic heterocycles. The van der Waals surface area contributed by atoms with Gasteiger partial charge in [0.25, 0.3) is 11.6 Å². The lowest BCUT2D eigenvalue weighted by molar-refractivity contribution is -0.384. The zero-order valence-corrected chi connectivity index (χ0v) is 18.0. The minimum atomic E-state index is -0.451. The number of amides is 1. The molecule has 0 aliphatic rings. The van der Waals surface area contributed by atoms with Crippen molar-refractivity contribution in [3.8, 4) is 11.5 Å². The Kier molecular flexibility index (Phi) is 5.27. The normalized spacial score (nSPS) is 11.9. The number of nitro groups is 1.